The molecule has 2 rings (SSSR count). The van der Waals surface area contributed by atoms with Crippen LogP contribution in [0.15, 0.2) is 23.1 Å². The van der Waals surface area contributed by atoms with Crippen LogP contribution in [0, 0.1) is 11.8 Å². The van der Waals surface area contributed by atoms with Gasteiger partial charge >= 0.3 is 0 Å². The average Bonchev–Trinajstić information content (AvgIpc) is 2.82. The highest BCUT2D eigenvalue weighted by molar-refractivity contribution is 7.89. The molecule has 0 saturated carbocycles. The summed E-state index contributed by atoms with van der Waals surface area (Å²) in [5, 5.41) is 3.20. The Kier molecular flexibility index (Phi) is 4.16. The highest BCUT2D eigenvalue weighted by atomic mass is 32.2. The molecule has 0 aliphatic carbocycles. The van der Waals surface area contributed by atoms with E-state index in [1.165, 1.54) is 5.56 Å². The number of fused-ring (bicyclic) bond motifs is 1. The number of nitrogens with one attached hydrogen (secondary N) is 2. The molecule has 2 N–H and O–H groups in total. The molecule has 5 heteroatoms. The molecule has 0 saturated heterocycles. The lowest BCUT2D eigenvalue weighted by Gasteiger charge is -2.16. The summed E-state index contributed by atoms with van der Waals surface area (Å²) in [6.07, 6.45) is 0.966. The zero-order valence-corrected chi connectivity index (χ0v) is 12.5. The van der Waals surface area contributed by atoms with Crippen LogP contribution >= 0.6 is 0 Å². The second-order valence-corrected chi connectivity index (χ2v) is 7.34. The summed E-state index contributed by atoms with van der Waals surface area (Å²) in [7, 11) is -3.40. The Morgan fingerprint density at radius 3 is 2.74 bits per heavy atom. The standard InChI is InChI=1S/C14H22N2O2S/c1-10(2)11(3)9-16-19(17,18)13-5-4-12-6-7-15-14(12)8-13/h4-5,8,10-11,15-16H,6-7,9H2,1-3H3. The van der Waals surface area contributed by atoms with Crippen molar-refractivity contribution >= 4 is 15.7 Å². The molecule has 1 unspecified atom stereocenters. The Hall–Kier alpha value is -1.07. The number of hydrogen-bond donors (Lipinski definition) is 2. The summed E-state index contributed by atoms with van der Waals surface area (Å²) in [4.78, 5) is 0.344. The van der Waals surface area contributed by atoms with Gasteiger partial charge in [0.2, 0.25) is 10.0 Å². The first-order valence-electron chi connectivity index (χ1n) is 6.76. The average molecular weight is 282 g/mol. The molecule has 106 valence electrons. The van der Waals surface area contributed by atoms with Gasteiger partial charge in [-0.05, 0) is 36.0 Å². The molecule has 1 aromatic carbocycles. The van der Waals surface area contributed by atoms with Crippen molar-refractivity contribution in [3.05, 3.63) is 23.8 Å². The van der Waals surface area contributed by atoms with Crippen LogP contribution in [0.5, 0.6) is 0 Å². The van der Waals surface area contributed by atoms with Crippen molar-refractivity contribution in [2.45, 2.75) is 32.1 Å². The minimum atomic E-state index is -3.40. The summed E-state index contributed by atoms with van der Waals surface area (Å²) in [6.45, 7) is 7.61. The Morgan fingerprint density at radius 1 is 1.32 bits per heavy atom. The van der Waals surface area contributed by atoms with Crippen molar-refractivity contribution in [1.82, 2.24) is 4.72 Å². The van der Waals surface area contributed by atoms with Crippen LogP contribution in [0.1, 0.15) is 26.3 Å². The largest absolute Gasteiger partial charge is 0.384 e. The molecule has 19 heavy (non-hydrogen) atoms. The van der Waals surface area contributed by atoms with Gasteiger partial charge in [-0.1, -0.05) is 26.8 Å². The lowest BCUT2D eigenvalue weighted by molar-refractivity contribution is 0.414. The third-order valence-electron chi connectivity index (χ3n) is 3.83. The van der Waals surface area contributed by atoms with Crippen LogP contribution < -0.4 is 10.0 Å². The van der Waals surface area contributed by atoms with Gasteiger partial charge in [-0.15, -0.1) is 0 Å². The van der Waals surface area contributed by atoms with Crippen LogP contribution in [-0.2, 0) is 16.4 Å². The van der Waals surface area contributed by atoms with Crippen molar-refractivity contribution in [2.24, 2.45) is 11.8 Å². The zero-order chi connectivity index (χ0) is 14.0. The normalized spacial score (nSPS) is 16.2. The third kappa shape index (κ3) is 3.28. The Balaban J connectivity index is 2.11. The molecule has 1 aliphatic rings. The fourth-order valence-corrected chi connectivity index (χ4v) is 3.17. The van der Waals surface area contributed by atoms with Gasteiger partial charge in [0, 0.05) is 18.8 Å². The monoisotopic (exact) mass is 282 g/mol. The Morgan fingerprint density at radius 2 is 2.05 bits per heavy atom. The maximum Gasteiger partial charge on any atom is 0.240 e. The van der Waals surface area contributed by atoms with E-state index >= 15 is 0 Å². The second-order valence-electron chi connectivity index (χ2n) is 5.57. The van der Waals surface area contributed by atoms with Crippen molar-refractivity contribution in [1.29, 1.82) is 0 Å². The van der Waals surface area contributed by atoms with E-state index in [0.717, 1.165) is 18.7 Å². The summed E-state index contributed by atoms with van der Waals surface area (Å²) < 4.78 is 27.1. The fraction of sp³-hybridized carbons (Fsp3) is 0.571. The molecule has 0 aromatic heterocycles. The van der Waals surface area contributed by atoms with Crippen LogP contribution in [-0.4, -0.2) is 21.5 Å². The third-order valence-corrected chi connectivity index (χ3v) is 5.26. The molecule has 0 bridgehead atoms. The molecule has 0 fully saturated rings. The van der Waals surface area contributed by atoms with Crippen LogP contribution in [0.3, 0.4) is 0 Å². The maximum atomic E-state index is 12.2. The maximum absolute atomic E-state index is 12.2. The van der Waals surface area contributed by atoms with Crippen molar-refractivity contribution in [2.75, 3.05) is 18.4 Å². The van der Waals surface area contributed by atoms with Gasteiger partial charge in [0.1, 0.15) is 0 Å². The van der Waals surface area contributed by atoms with Crippen LogP contribution in [0.25, 0.3) is 0 Å². The highest BCUT2D eigenvalue weighted by Gasteiger charge is 2.19. The minimum Gasteiger partial charge on any atom is -0.384 e. The van der Waals surface area contributed by atoms with E-state index in [9.17, 15) is 8.42 Å². The van der Waals surface area contributed by atoms with E-state index in [1.54, 1.807) is 12.1 Å². The fourth-order valence-electron chi connectivity index (χ4n) is 2.00. The molecular formula is C14H22N2O2S. The van der Waals surface area contributed by atoms with Gasteiger partial charge in [0.25, 0.3) is 0 Å². The van der Waals surface area contributed by atoms with Gasteiger partial charge < -0.3 is 5.32 Å². The van der Waals surface area contributed by atoms with E-state index in [0.29, 0.717) is 23.3 Å². The van der Waals surface area contributed by atoms with Gasteiger partial charge in [-0.2, -0.15) is 0 Å². The number of anilines is 1. The van der Waals surface area contributed by atoms with Crippen molar-refractivity contribution in [3.63, 3.8) is 0 Å². The number of benzene rings is 1. The lowest BCUT2D eigenvalue weighted by Crippen LogP contribution is -2.30. The van der Waals surface area contributed by atoms with Crippen molar-refractivity contribution in [3.8, 4) is 0 Å². The Bertz CT molecular complexity index is 553. The summed E-state index contributed by atoms with van der Waals surface area (Å²) in [5.74, 6) is 0.784. The molecule has 1 aromatic rings. The smallest absolute Gasteiger partial charge is 0.240 e. The summed E-state index contributed by atoms with van der Waals surface area (Å²) >= 11 is 0. The predicted molar refractivity (Wildman–Crippen MR) is 77.8 cm³/mol. The minimum absolute atomic E-state index is 0.322. The van der Waals surface area contributed by atoms with E-state index in [1.807, 2.05) is 6.07 Å². The van der Waals surface area contributed by atoms with Gasteiger partial charge in [-0.3, -0.25) is 0 Å². The van der Waals surface area contributed by atoms with Crippen molar-refractivity contribution < 1.29 is 8.42 Å². The SMILES string of the molecule is CC(C)C(C)CNS(=O)(=O)c1ccc2c(c1)NCC2. The van der Waals surface area contributed by atoms with Gasteiger partial charge in [0.15, 0.2) is 0 Å². The molecule has 4 nitrogen and oxygen atoms in total. The van der Waals surface area contributed by atoms with Gasteiger partial charge in [0.05, 0.1) is 4.90 Å². The first-order chi connectivity index (χ1) is 8.90. The summed E-state index contributed by atoms with van der Waals surface area (Å²) in [5.41, 5.74) is 2.13. The number of sulfonamides is 1. The molecule has 0 amide bonds. The highest BCUT2D eigenvalue weighted by Crippen LogP contribution is 2.25. The van der Waals surface area contributed by atoms with Crippen LogP contribution in [0.4, 0.5) is 5.69 Å². The molecule has 1 atom stereocenters. The first kappa shape index (κ1) is 14.3. The molecule has 1 heterocycles. The molecule has 0 radical (unpaired) electrons. The predicted octanol–water partition coefficient (Wildman–Crippen LogP) is 2.23. The van der Waals surface area contributed by atoms with Crippen LogP contribution in [0.2, 0.25) is 0 Å². The topological polar surface area (TPSA) is 58.2 Å². The second kappa shape index (κ2) is 5.51. The summed E-state index contributed by atoms with van der Waals surface area (Å²) in [6, 6.07) is 5.31. The quantitative estimate of drug-likeness (QED) is 0.870. The van der Waals surface area contributed by atoms with E-state index < -0.39 is 10.0 Å². The zero-order valence-electron chi connectivity index (χ0n) is 11.7. The molecular weight excluding hydrogens is 260 g/mol. The number of rotatable bonds is 5. The first-order valence-corrected chi connectivity index (χ1v) is 8.25. The van der Waals surface area contributed by atoms with E-state index in [4.69, 9.17) is 0 Å². The van der Waals surface area contributed by atoms with E-state index in [-0.39, 0.29) is 0 Å². The van der Waals surface area contributed by atoms with E-state index in [2.05, 4.69) is 30.8 Å². The molecule has 1 aliphatic heterocycles. The lowest BCUT2D eigenvalue weighted by atomic mass is 9.99. The number of hydrogen-bond acceptors (Lipinski definition) is 3. The van der Waals surface area contributed by atoms with Gasteiger partial charge in [-0.25, -0.2) is 13.1 Å². The molecule has 0 spiro atoms. The Labute approximate surface area is 115 Å².